The van der Waals surface area contributed by atoms with Gasteiger partial charge in [-0.25, -0.2) is 4.89 Å². The predicted molar refractivity (Wildman–Crippen MR) is 32.2 cm³/mol. The summed E-state index contributed by atoms with van der Waals surface area (Å²) < 4.78 is 24.8. The monoisotopic (exact) mass is 154 g/mol. The van der Waals surface area contributed by atoms with Crippen molar-refractivity contribution in [3.8, 4) is 0 Å². The fraction of sp³-hybridized carbons (Fsp3) is 1.00. The summed E-state index contributed by atoms with van der Waals surface area (Å²) in [6.45, 7) is 3.36. The van der Waals surface area contributed by atoms with Crippen molar-refractivity contribution in [1.82, 2.24) is 0 Å². The topological polar surface area (TPSA) is 52.6 Å². The van der Waals surface area contributed by atoms with Crippen LogP contribution in [-0.4, -0.2) is 20.8 Å². The zero-order chi connectivity index (χ0) is 7.33. The van der Waals surface area contributed by atoms with Crippen LogP contribution in [0.1, 0.15) is 13.8 Å². The van der Waals surface area contributed by atoms with Gasteiger partial charge in [0.2, 0.25) is 0 Å². The first-order chi connectivity index (χ1) is 4.12. The Morgan fingerprint density at radius 3 is 2.22 bits per heavy atom. The SMILES string of the molecule is CCOOS(=O)(=O)CC. The molecule has 0 rings (SSSR count). The fourth-order valence-corrected chi connectivity index (χ4v) is 0.509. The van der Waals surface area contributed by atoms with Gasteiger partial charge in [-0.1, -0.05) is 0 Å². The van der Waals surface area contributed by atoms with Crippen molar-refractivity contribution in [2.45, 2.75) is 13.8 Å². The maximum Gasteiger partial charge on any atom is 0.293 e. The zero-order valence-electron chi connectivity index (χ0n) is 5.46. The summed E-state index contributed by atoms with van der Waals surface area (Å²) in [5.41, 5.74) is 0. The number of rotatable bonds is 4. The minimum absolute atomic E-state index is 0.0625. The van der Waals surface area contributed by atoms with Gasteiger partial charge in [-0.05, 0) is 13.8 Å². The Hall–Kier alpha value is -0.130. The van der Waals surface area contributed by atoms with E-state index in [0.717, 1.165) is 0 Å². The molecule has 56 valence electrons. The molecule has 0 spiro atoms. The fourth-order valence-electron chi connectivity index (χ4n) is 0.170. The highest BCUT2D eigenvalue weighted by Gasteiger charge is 2.06. The second kappa shape index (κ2) is 3.81. The molecule has 0 amide bonds. The molecule has 0 N–H and O–H groups in total. The Bertz CT molecular complexity index is 148. The van der Waals surface area contributed by atoms with E-state index < -0.39 is 10.1 Å². The molecule has 0 aliphatic heterocycles. The molecular formula is C4H10O4S. The minimum Gasteiger partial charge on any atom is -0.220 e. The van der Waals surface area contributed by atoms with Gasteiger partial charge >= 0.3 is 0 Å². The van der Waals surface area contributed by atoms with E-state index in [9.17, 15) is 8.42 Å². The molecular weight excluding hydrogens is 144 g/mol. The van der Waals surface area contributed by atoms with Gasteiger partial charge in [0.05, 0.1) is 12.4 Å². The minimum atomic E-state index is -3.40. The maximum atomic E-state index is 10.4. The third-order valence-electron chi connectivity index (χ3n) is 0.623. The molecule has 0 saturated heterocycles. The molecule has 0 radical (unpaired) electrons. The molecule has 0 atom stereocenters. The van der Waals surface area contributed by atoms with E-state index in [-0.39, 0.29) is 12.4 Å². The first-order valence-corrected chi connectivity index (χ1v) is 4.24. The van der Waals surface area contributed by atoms with E-state index >= 15 is 0 Å². The van der Waals surface area contributed by atoms with Crippen LogP contribution in [0.5, 0.6) is 0 Å². The molecule has 0 heterocycles. The van der Waals surface area contributed by atoms with Crippen molar-refractivity contribution < 1.29 is 17.6 Å². The maximum absolute atomic E-state index is 10.4. The highest BCUT2D eigenvalue weighted by molar-refractivity contribution is 7.86. The van der Waals surface area contributed by atoms with E-state index in [1.54, 1.807) is 6.92 Å². The lowest BCUT2D eigenvalue weighted by molar-refractivity contribution is -0.196. The van der Waals surface area contributed by atoms with Crippen molar-refractivity contribution >= 4 is 10.1 Å². The van der Waals surface area contributed by atoms with Crippen LogP contribution < -0.4 is 0 Å². The summed E-state index contributed by atoms with van der Waals surface area (Å²) in [4.78, 5) is 4.20. The first-order valence-electron chi connectivity index (χ1n) is 2.66. The lowest BCUT2D eigenvalue weighted by atomic mass is 10.9. The Morgan fingerprint density at radius 2 is 1.89 bits per heavy atom. The molecule has 9 heavy (non-hydrogen) atoms. The van der Waals surface area contributed by atoms with Gasteiger partial charge in [-0.2, -0.15) is 8.42 Å². The van der Waals surface area contributed by atoms with Crippen LogP contribution in [0.4, 0.5) is 0 Å². The molecule has 0 aliphatic rings. The average Bonchev–Trinajstić information content (AvgIpc) is 1.84. The summed E-state index contributed by atoms with van der Waals surface area (Å²) >= 11 is 0. The third-order valence-corrected chi connectivity index (χ3v) is 1.63. The van der Waals surface area contributed by atoms with Crippen molar-refractivity contribution in [3.63, 3.8) is 0 Å². The van der Waals surface area contributed by atoms with Gasteiger partial charge in [0.1, 0.15) is 0 Å². The molecule has 0 bridgehead atoms. The summed E-state index contributed by atoms with van der Waals surface area (Å²) in [7, 11) is -3.40. The molecule has 4 nitrogen and oxygen atoms in total. The van der Waals surface area contributed by atoms with Crippen molar-refractivity contribution in [2.24, 2.45) is 0 Å². The van der Waals surface area contributed by atoms with E-state index in [1.807, 2.05) is 0 Å². The van der Waals surface area contributed by atoms with E-state index in [2.05, 4.69) is 9.22 Å². The Morgan fingerprint density at radius 1 is 1.33 bits per heavy atom. The van der Waals surface area contributed by atoms with Crippen LogP contribution in [0.25, 0.3) is 0 Å². The molecule has 0 aliphatic carbocycles. The number of hydrogen-bond donors (Lipinski definition) is 0. The van der Waals surface area contributed by atoms with Gasteiger partial charge in [-0.15, -0.1) is 4.33 Å². The largest absolute Gasteiger partial charge is 0.293 e. The third kappa shape index (κ3) is 4.38. The molecule has 0 aromatic heterocycles. The van der Waals surface area contributed by atoms with Crippen LogP contribution in [0.3, 0.4) is 0 Å². The summed E-state index contributed by atoms with van der Waals surface area (Å²) in [6.07, 6.45) is 0. The van der Waals surface area contributed by atoms with Crippen LogP contribution in [-0.2, 0) is 19.3 Å². The van der Waals surface area contributed by atoms with Crippen LogP contribution in [0.15, 0.2) is 0 Å². The van der Waals surface area contributed by atoms with Crippen LogP contribution >= 0.6 is 0 Å². The lowest BCUT2D eigenvalue weighted by Crippen LogP contribution is -2.08. The molecule has 5 heteroatoms. The Kier molecular flexibility index (Phi) is 3.76. The summed E-state index contributed by atoms with van der Waals surface area (Å²) in [5, 5.41) is 0. The average molecular weight is 154 g/mol. The van der Waals surface area contributed by atoms with Gasteiger partial charge in [0, 0.05) is 0 Å². The molecule has 0 fully saturated rings. The Labute approximate surface area is 54.8 Å². The summed E-state index contributed by atoms with van der Waals surface area (Å²) in [5.74, 6) is -0.0625. The normalized spacial score (nSPS) is 11.8. The van der Waals surface area contributed by atoms with Gasteiger partial charge in [-0.3, -0.25) is 0 Å². The smallest absolute Gasteiger partial charge is 0.220 e. The van der Waals surface area contributed by atoms with Crippen LogP contribution in [0, 0.1) is 0 Å². The predicted octanol–water partition coefficient (Wildman–Crippen LogP) is 0.304. The van der Waals surface area contributed by atoms with Gasteiger partial charge in [0.25, 0.3) is 10.1 Å². The standard InChI is InChI=1S/C4H10O4S/c1-3-7-8-9(5,6)4-2/h3-4H2,1-2H3. The number of hydrogen-bond acceptors (Lipinski definition) is 4. The zero-order valence-corrected chi connectivity index (χ0v) is 6.27. The van der Waals surface area contributed by atoms with Crippen molar-refractivity contribution in [1.29, 1.82) is 0 Å². The summed E-state index contributed by atoms with van der Waals surface area (Å²) in [6, 6.07) is 0. The second-order valence-corrected chi connectivity index (χ2v) is 3.15. The second-order valence-electron chi connectivity index (χ2n) is 1.32. The molecule has 0 aromatic carbocycles. The van der Waals surface area contributed by atoms with Crippen LogP contribution in [0.2, 0.25) is 0 Å². The molecule has 0 saturated carbocycles. The van der Waals surface area contributed by atoms with Gasteiger partial charge < -0.3 is 0 Å². The quantitative estimate of drug-likeness (QED) is 0.432. The van der Waals surface area contributed by atoms with E-state index in [4.69, 9.17) is 0 Å². The van der Waals surface area contributed by atoms with E-state index in [1.165, 1.54) is 6.92 Å². The first kappa shape index (κ1) is 8.87. The van der Waals surface area contributed by atoms with E-state index in [0.29, 0.717) is 0 Å². The van der Waals surface area contributed by atoms with Crippen molar-refractivity contribution in [3.05, 3.63) is 0 Å². The van der Waals surface area contributed by atoms with Crippen molar-refractivity contribution in [2.75, 3.05) is 12.4 Å². The highest BCUT2D eigenvalue weighted by atomic mass is 32.2. The molecule has 0 aromatic rings. The molecule has 0 unspecified atom stereocenters. The lowest BCUT2D eigenvalue weighted by Gasteiger charge is -1.97. The highest BCUT2D eigenvalue weighted by Crippen LogP contribution is 1.91. The Balaban J connectivity index is 3.61. The van der Waals surface area contributed by atoms with Gasteiger partial charge in [0.15, 0.2) is 0 Å².